The molecule has 3 fully saturated rings. The highest BCUT2D eigenvalue weighted by Crippen LogP contribution is 2.42. The van der Waals surface area contributed by atoms with E-state index in [0.717, 1.165) is 37.3 Å². The zero-order chi connectivity index (χ0) is 10.4. The summed E-state index contributed by atoms with van der Waals surface area (Å²) in [6.07, 6.45) is 8.36. The van der Waals surface area contributed by atoms with Gasteiger partial charge in [0.15, 0.2) is 0 Å². The Balaban J connectivity index is 1.77. The second-order valence-electron chi connectivity index (χ2n) is 5.74. The highest BCUT2D eigenvalue weighted by atomic mass is 16.1. The van der Waals surface area contributed by atoms with Gasteiger partial charge in [0.25, 0.3) is 0 Å². The van der Waals surface area contributed by atoms with Crippen molar-refractivity contribution in [3.63, 3.8) is 0 Å². The number of fused-ring (bicyclic) bond motifs is 2. The van der Waals surface area contributed by atoms with Gasteiger partial charge in [0.2, 0.25) is 0 Å². The van der Waals surface area contributed by atoms with Crippen molar-refractivity contribution in [3.8, 4) is 0 Å². The molecule has 0 N–H and O–H groups in total. The van der Waals surface area contributed by atoms with Crippen LogP contribution in [0.4, 0.5) is 0 Å². The lowest BCUT2D eigenvalue weighted by Gasteiger charge is -2.38. The third-order valence-corrected chi connectivity index (χ3v) is 4.86. The van der Waals surface area contributed by atoms with E-state index in [1.807, 2.05) is 0 Å². The summed E-state index contributed by atoms with van der Waals surface area (Å²) in [5.74, 6) is 1.24. The fourth-order valence-corrected chi connectivity index (χ4v) is 4.01. The number of hydrogen-bond donors (Lipinski definition) is 0. The Morgan fingerprint density at radius 1 is 1.07 bits per heavy atom. The third kappa shape index (κ3) is 1.54. The summed E-state index contributed by atoms with van der Waals surface area (Å²) in [5.41, 5.74) is 0. The molecule has 84 valence electrons. The van der Waals surface area contributed by atoms with E-state index in [0.29, 0.717) is 11.8 Å². The molecule has 1 aliphatic carbocycles. The Hall–Kier alpha value is -0.370. The van der Waals surface area contributed by atoms with Gasteiger partial charge in [-0.15, -0.1) is 0 Å². The van der Waals surface area contributed by atoms with Crippen LogP contribution in [0.15, 0.2) is 0 Å². The van der Waals surface area contributed by atoms with Crippen LogP contribution in [0.2, 0.25) is 0 Å². The molecule has 0 aromatic carbocycles. The van der Waals surface area contributed by atoms with Gasteiger partial charge < -0.3 is 0 Å². The molecule has 2 bridgehead atoms. The van der Waals surface area contributed by atoms with Crippen LogP contribution in [0.25, 0.3) is 0 Å². The smallest absolute Gasteiger partial charge is 0.134 e. The minimum absolute atomic E-state index is 0.504. The quantitative estimate of drug-likeness (QED) is 0.658. The van der Waals surface area contributed by atoms with E-state index >= 15 is 0 Å². The lowest BCUT2D eigenvalue weighted by atomic mass is 9.84. The van der Waals surface area contributed by atoms with E-state index in [2.05, 4.69) is 11.8 Å². The molecule has 2 aliphatic heterocycles. The van der Waals surface area contributed by atoms with E-state index in [1.165, 1.54) is 25.7 Å². The fourth-order valence-electron chi connectivity index (χ4n) is 4.01. The summed E-state index contributed by atoms with van der Waals surface area (Å²) in [4.78, 5) is 14.3. The van der Waals surface area contributed by atoms with Gasteiger partial charge in [0.05, 0.1) is 0 Å². The Bertz CT molecular complexity index is 256. The highest BCUT2D eigenvalue weighted by molar-refractivity contribution is 5.79. The number of rotatable bonds is 1. The van der Waals surface area contributed by atoms with E-state index in [4.69, 9.17) is 0 Å². The SMILES string of the molecule is CC1CCC(=O)CC1N1C2CCC1CC2. The summed E-state index contributed by atoms with van der Waals surface area (Å²) in [5, 5.41) is 0. The highest BCUT2D eigenvalue weighted by Gasteiger charge is 2.45. The lowest BCUT2D eigenvalue weighted by molar-refractivity contribution is -0.123. The van der Waals surface area contributed by atoms with Crippen molar-refractivity contribution < 1.29 is 4.79 Å². The van der Waals surface area contributed by atoms with Crippen molar-refractivity contribution in [1.82, 2.24) is 4.90 Å². The standard InChI is InChI=1S/C13H21NO/c1-9-2-7-12(15)8-13(9)14-10-3-4-11(14)6-5-10/h9-11,13H,2-8H2,1H3. The van der Waals surface area contributed by atoms with Crippen LogP contribution in [0.3, 0.4) is 0 Å². The van der Waals surface area contributed by atoms with E-state index in [1.54, 1.807) is 0 Å². The van der Waals surface area contributed by atoms with E-state index < -0.39 is 0 Å². The average molecular weight is 207 g/mol. The first-order valence-electron chi connectivity index (χ1n) is 6.55. The van der Waals surface area contributed by atoms with Gasteiger partial charge in [-0.25, -0.2) is 0 Å². The fraction of sp³-hybridized carbons (Fsp3) is 0.923. The monoisotopic (exact) mass is 207 g/mol. The summed E-state index contributed by atoms with van der Waals surface area (Å²) < 4.78 is 0. The molecule has 2 nitrogen and oxygen atoms in total. The van der Waals surface area contributed by atoms with Crippen LogP contribution in [0.1, 0.15) is 51.9 Å². The first-order chi connectivity index (χ1) is 7.25. The molecule has 0 aromatic rings. The minimum Gasteiger partial charge on any atom is -0.300 e. The Morgan fingerprint density at radius 3 is 2.27 bits per heavy atom. The van der Waals surface area contributed by atoms with Gasteiger partial charge in [-0.3, -0.25) is 9.69 Å². The van der Waals surface area contributed by atoms with Gasteiger partial charge in [-0.2, -0.15) is 0 Å². The summed E-state index contributed by atoms with van der Waals surface area (Å²) in [6, 6.07) is 2.24. The largest absolute Gasteiger partial charge is 0.300 e. The molecule has 3 rings (SSSR count). The van der Waals surface area contributed by atoms with Crippen LogP contribution >= 0.6 is 0 Å². The molecule has 2 heterocycles. The van der Waals surface area contributed by atoms with Gasteiger partial charge in [0.1, 0.15) is 5.78 Å². The molecule has 0 amide bonds. The van der Waals surface area contributed by atoms with Crippen molar-refractivity contribution in [3.05, 3.63) is 0 Å². The summed E-state index contributed by atoms with van der Waals surface area (Å²) >= 11 is 0. The van der Waals surface area contributed by atoms with Gasteiger partial charge in [-0.05, 0) is 38.0 Å². The topological polar surface area (TPSA) is 20.3 Å². The maximum Gasteiger partial charge on any atom is 0.134 e. The first-order valence-corrected chi connectivity index (χ1v) is 6.55. The zero-order valence-electron chi connectivity index (χ0n) is 9.61. The molecule has 2 saturated heterocycles. The lowest BCUT2D eigenvalue weighted by Crippen LogP contribution is -2.46. The van der Waals surface area contributed by atoms with Crippen LogP contribution < -0.4 is 0 Å². The molecule has 1 saturated carbocycles. The second-order valence-corrected chi connectivity index (χ2v) is 5.74. The Kier molecular flexibility index (Phi) is 2.35. The summed E-state index contributed by atoms with van der Waals surface area (Å²) in [6.45, 7) is 2.34. The normalized spacial score (nSPS) is 46.3. The molecule has 0 aromatic heterocycles. The number of ketones is 1. The predicted molar refractivity (Wildman–Crippen MR) is 59.7 cm³/mol. The van der Waals surface area contributed by atoms with Crippen LogP contribution in [0, 0.1) is 5.92 Å². The first kappa shape index (κ1) is 9.83. The van der Waals surface area contributed by atoms with Crippen LogP contribution in [0.5, 0.6) is 0 Å². The molecule has 2 atom stereocenters. The van der Waals surface area contributed by atoms with Crippen molar-refractivity contribution in [2.75, 3.05) is 0 Å². The molecule has 2 heteroatoms. The van der Waals surface area contributed by atoms with E-state index in [9.17, 15) is 4.79 Å². The molecular formula is C13H21NO. The maximum absolute atomic E-state index is 11.6. The van der Waals surface area contributed by atoms with Gasteiger partial charge >= 0.3 is 0 Å². The Morgan fingerprint density at radius 2 is 1.67 bits per heavy atom. The maximum atomic E-state index is 11.6. The van der Waals surface area contributed by atoms with Gasteiger partial charge in [-0.1, -0.05) is 6.92 Å². The van der Waals surface area contributed by atoms with Crippen LogP contribution in [-0.4, -0.2) is 28.8 Å². The van der Waals surface area contributed by atoms with Crippen molar-refractivity contribution >= 4 is 5.78 Å². The number of Topliss-reactive ketones (excluding diaryl/α,β-unsaturated/α-hetero) is 1. The zero-order valence-corrected chi connectivity index (χ0v) is 9.61. The minimum atomic E-state index is 0.504. The number of carbonyl (C=O) groups is 1. The molecule has 3 aliphatic rings. The van der Waals surface area contributed by atoms with Crippen molar-refractivity contribution in [1.29, 1.82) is 0 Å². The molecular weight excluding hydrogens is 186 g/mol. The Labute approximate surface area is 92.0 Å². The van der Waals surface area contributed by atoms with Crippen molar-refractivity contribution in [2.45, 2.75) is 70.0 Å². The second kappa shape index (κ2) is 3.58. The van der Waals surface area contributed by atoms with Gasteiger partial charge in [0, 0.05) is 31.0 Å². The molecule has 15 heavy (non-hydrogen) atoms. The molecule has 0 radical (unpaired) electrons. The number of nitrogens with zero attached hydrogens (tertiary/aromatic N) is 1. The average Bonchev–Trinajstić information content (AvgIpc) is 2.81. The number of carbonyl (C=O) groups excluding carboxylic acids is 1. The molecule has 2 unspecified atom stereocenters. The predicted octanol–water partition coefficient (Wildman–Crippen LogP) is 2.37. The van der Waals surface area contributed by atoms with Crippen molar-refractivity contribution in [2.24, 2.45) is 5.92 Å². The van der Waals surface area contributed by atoms with E-state index in [-0.39, 0.29) is 0 Å². The third-order valence-electron chi connectivity index (χ3n) is 4.86. The number of hydrogen-bond acceptors (Lipinski definition) is 2. The summed E-state index contributed by atoms with van der Waals surface area (Å²) in [7, 11) is 0. The van der Waals surface area contributed by atoms with Crippen LogP contribution in [-0.2, 0) is 4.79 Å². The molecule has 0 spiro atoms.